The van der Waals surface area contributed by atoms with Crippen LogP contribution in [0.3, 0.4) is 0 Å². The first-order valence-corrected chi connectivity index (χ1v) is 9.28. The maximum absolute atomic E-state index is 2.46. The van der Waals surface area contributed by atoms with Crippen LogP contribution in [-0.2, 0) is 0 Å². The summed E-state index contributed by atoms with van der Waals surface area (Å²) in [5.41, 5.74) is 0.932. The first kappa shape index (κ1) is 16.4. The number of unbranched alkanes of at least 4 members (excludes halogenated alkanes) is 5. The molecule has 0 amide bonds. The average molecular weight is 244 g/mol. The highest BCUT2D eigenvalue weighted by Crippen LogP contribution is 2.37. The molecule has 0 aliphatic carbocycles. The van der Waals surface area contributed by atoms with Gasteiger partial charge in [-0.25, -0.2) is 0 Å². The first-order chi connectivity index (χ1) is 7.54. The summed E-state index contributed by atoms with van der Waals surface area (Å²) in [7, 11) is 0.324. The summed E-state index contributed by atoms with van der Waals surface area (Å²) in [6, 6.07) is 0. The fraction of sp³-hybridized carbons (Fsp3) is 1.00. The highest BCUT2D eigenvalue weighted by molar-refractivity contribution is 7.57. The minimum Gasteiger partial charge on any atom is -0.107 e. The Labute approximate surface area is 105 Å². The summed E-state index contributed by atoms with van der Waals surface area (Å²) in [6.07, 6.45) is 11.7. The Morgan fingerprint density at radius 3 is 1.75 bits per heavy atom. The van der Waals surface area contributed by atoms with Crippen molar-refractivity contribution >= 4 is 7.92 Å². The molecule has 0 spiro atoms. The normalized spacial score (nSPS) is 13.7. The van der Waals surface area contributed by atoms with Crippen molar-refractivity contribution in [3.05, 3.63) is 0 Å². The highest BCUT2D eigenvalue weighted by Gasteiger charge is 2.04. The molecule has 1 atom stereocenters. The van der Waals surface area contributed by atoms with Crippen molar-refractivity contribution in [3.8, 4) is 0 Å². The van der Waals surface area contributed by atoms with Crippen molar-refractivity contribution in [3.63, 3.8) is 0 Å². The zero-order valence-corrected chi connectivity index (χ0v) is 13.2. The molecule has 1 heteroatoms. The van der Waals surface area contributed by atoms with Crippen molar-refractivity contribution in [2.24, 2.45) is 5.92 Å². The molecule has 0 aromatic rings. The molecule has 0 rings (SSSR count). The van der Waals surface area contributed by atoms with Crippen LogP contribution < -0.4 is 0 Å². The molecule has 0 bridgehead atoms. The summed E-state index contributed by atoms with van der Waals surface area (Å²) < 4.78 is 0. The second-order valence-corrected chi connectivity index (χ2v) is 8.87. The molecule has 0 aliphatic rings. The molecular weight excluding hydrogens is 211 g/mol. The smallest absolute Gasteiger partial charge is 0.0269 e. The molecular formula is C15H33P. The molecule has 1 unspecified atom stereocenters. The molecule has 0 fully saturated rings. The molecule has 0 heterocycles. The lowest BCUT2D eigenvalue weighted by Crippen LogP contribution is -1.95. The number of hydrogen-bond donors (Lipinski definition) is 0. The highest BCUT2D eigenvalue weighted by atomic mass is 31.1. The van der Waals surface area contributed by atoms with Gasteiger partial charge in [-0.3, -0.25) is 0 Å². The van der Waals surface area contributed by atoms with Crippen molar-refractivity contribution in [1.82, 2.24) is 0 Å². The molecule has 0 saturated heterocycles. The molecule has 0 aromatic heterocycles. The van der Waals surface area contributed by atoms with Crippen molar-refractivity contribution < 1.29 is 0 Å². The zero-order chi connectivity index (χ0) is 12.4. The lowest BCUT2D eigenvalue weighted by atomic mass is 10.0. The average Bonchev–Trinajstić information content (AvgIpc) is 2.21. The van der Waals surface area contributed by atoms with E-state index in [9.17, 15) is 0 Å². The molecule has 0 nitrogen and oxygen atoms in total. The second kappa shape index (κ2) is 10.6. The van der Waals surface area contributed by atoms with Gasteiger partial charge in [-0.2, -0.15) is 0 Å². The standard InChI is InChI=1S/C15H33P/c1-14(2)12-10-8-6-7-9-11-13-16(5)15(3)4/h14-15H,6-13H2,1-5H3. The lowest BCUT2D eigenvalue weighted by molar-refractivity contribution is 0.514. The van der Waals surface area contributed by atoms with E-state index in [0.717, 1.165) is 11.6 Å². The van der Waals surface area contributed by atoms with E-state index in [1.54, 1.807) is 0 Å². The molecule has 0 saturated carbocycles. The monoisotopic (exact) mass is 244 g/mol. The Bertz CT molecular complexity index is 140. The largest absolute Gasteiger partial charge is 0.107 e. The Kier molecular flexibility index (Phi) is 10.9. The fourth-order valence-corrected chi connectivity index (χ4v) is 3.12. The van der Waals surface area contributed by atoms with Crippen molar-refractivity contribution in [2.45, 2.75) is 78.3 Å². The van der Waals surface area contributed by atoms with Crippen LogP contribution in [0, 0.1) is 5.92 Å². The van der Waals surface area contributed by atoms with E-state index in [1.807, 2.05) is 0 Å². The van der Waals surface area contributed by atoms with E-state index in [0.29, 0.717) is 7.92 Å². The van der Waals surface area contributed by atoms with Crippen LogP contribution in [0.5, 0.6) is 0 Å². The van der Waals surface area contributed by atoms with E-state index >= 15 is 0 Å². The first-order valence-electron chi connectivity index (χ1n) is 7.24. The van der Waals surface area contributed by atoms with E-state index in [2.05, 4.69) is 34.4 Å². The van der Waals surface area contributed by atoms with Crippen LogP contribution in [0.4, 0.5) is 0 Å². The fourth-order valence-electron chi connectivity index (χ4n) is 1.88. The quantitative estimate of drug-likeness (QED) is 0.332. The van der Waals surface area contributed by atoms with Gasteiger partial charge in [0.15, 0.2) is 0 Å². The Hall–Kier alpha value is 0.430. The molecule has 0 aliphatic heterocycles. The number of hydrogen-bond acceptors (Lipinski definition) is 0. The third-order valence-electron chi connectivity index (χ3n) is 3.42. The van der Waals surface area contributed by atoms with Crippen LogP contribution in [0.2, 0.25) is 0 Å². The Morgan fingerprint density at radius 2 is 1.25 bits per heavy atom. The van der Waals surface area contributed by atoms with Gasteiger partial charge in [-0.15, -0.1) is 7.92 Å². The van der Waals surface area contributed by atoms with Gasteiger partial charge in [-0.1, -0.05) is 66.2 Å². The van der Waals surface area contributed by atoms with Gasteiger partial charge in [0.2, 0.25) is 0 Å². The molecule has 0 radical (unpaired) electrons. The van der Waals surface area contributed by atoms with Crippen molar-refractivity contribution in [1.29, 1.82) is 0 Å². The summed E-state index contributed by atoms with van der Waals surface area (Å²) in [4.78, 5) is 0. The zero-order valence-electron chi connectivity index (χ0n) is 12.3. The minimum atomic E-state index is 0.324. The van der Waals surface area contributed by atoms with Gasteiger partial charge in [-0.05, 0) is 30.8 Å². The van der Waals surface area contributed by atoms with Gasteiger partial charge in [0.1, 0.15) is 0 Å². The van der Waals surface area contributed by atoms with Crippen LogP contribution in [0.1, 0.15) is 72.6 Å². The topological polar surface area (TPSA) is 0 Å². The summed E-state index contributed by atoms with van der Waals surface area (Å²) in [5, 5.41) is 0. The molecule has 0 N–H and O–H groups in total. The van der Waals surface area contributed by atoms with Crippen LogP contribution in [-0.4, -0.2) is 18.5 Å². The summed E-state index contributed by atoms with van der Waals surface area (Å²) >= 11 is 0. The van der Waals surface area contributed by atoms with Gasteiger partial charge in [0.05, 0.1) is 0 Å². The second-order valence-electron chi connectivity index (χ2n) is 5.88. The maximum atomic E-state index is 2.46. The van der Waals surface area contributed by atoms with E-state index in [1.165, 1.54) is 51.1 Å². The molecule has 98 valence electrons. The van der Waals surface area contributed by atoms with Crippen LogP contribution in [0.15, 0.2) is 0 Å². The lowest BCUT2D eigenvalue weighted by Gasteiger charge is -2.15. The Morgan fingerprint density at radius 1 is 0.750 bits per heavy atom. The van der Waals surface area contributed by atoms with Gasteiger partial charge in [0.25, 0.3) is 0 Å². The maximum Gasteiger partial charge on any atom is -0.0269 e. The summed E-state index contributed by atoms with van der Waals surface area (Å²) in [5.74, 6) is 0.898. The molecule has 16 heavy (non-hydrogen) atoms. The minimum absolute atomic E-state index is 0.324. The molecule has 0 aromatic carbocycles. The Balaban J connectivity index is 3.10. The SMILES string of the molecule is CC(C)CCCCCCCCP(C)C(C)C. The van der Waals surface area contributed by atoms with Crippen LogP contribution in [0.25, 0.3) is 0 Å². The van der Waals surface area contributed by atoms with E-state index in [-0.39, 0.29) is 0 Å². The predicted octanol–water partition coefficient (Wildman–Crippen LogP) is 5.89. The van der Waals surface area contributed by atoms with E-state index in [4.69, 9.17) is 0 Å². The summed E-state index contributed by atoms with van der Waals surface area (Å²) in [6.45, 7) is 11.9. The number of rotatable bonds is 10. The van der Waals surface area contributed by atoms with E-state index < -0.39 is 0 Å². The van der Waals surface area contributed by atoms with Gasteiger partial charge in [0, 0.05) is 0 Å². The van der Waals surface area contributed by atoms with Crippen LogP contribution >= 0.6 is 7.92 Å². The van der Waals surface area contributed by atoms with Crippen molar-refractivity contribution in [2.75, 3.05) is 12.8 Å². The predicted molar refractivity (Wildman–Crippen MR) is 80.0 cm³/mol. The van der Waals surface area contributed by atoms with Gasteiger partial charge >= 0.3 is 0 Å². The third kappa shape index (κ3) is 10.9. The van der Waals surface area contributed by atoms with Gasteiger partial charge < -0.3 is 0 Å². The third-order valence-corrected chi connectivity index (χ3v) is 6.21.